The Bertz CT molecular complexity index is 1790. The van der Waals surface area contributed by atoms with E-state index in [1.54, 1.807) is 36.4 Å². The molecule has 0 amide bonds. The van der Waals surface area contributed by atoms with Crippen LogP contribution in [0.1, 0.15) is 46.6 Å². The minimum atomic E-state index is -1.02. The van der Waals surface area contributed by atoms with Gasteiger partial charge in [0, 0.05) is 23.5 Å². The summed E-state index contributed by atoms with van der Waals surface area (Å²) in [4.78, 5) is 21.0. The molecule has 2 aromatic carbocycles. The summed E-state index contributed by atoms with van der Waals surface area (Å²) in [6.07, 6.45) is 0.220. The number of ether oxygens (including phenoxy) is 3. The lowest BCUT2D eigenvalue weighted by Crippen LogP contribution is -2.27. The Balaban J connectivity index is 1.28. The Morgan fingerprint density at radius 2 is 2.02 bits per heavy atom. The molecule has 5 aromatic rings. The van der Waals surface area contributed by atoms with Gasteiger partial charge in [-0.1, -0.05) is 48.5 Å². The van der Waals surface area contributed by atoms with Crippen molar-refractivity contribution < 1.29 is 28.5 Å². The standard InChI is InChI=1S/C30H28FN5O5S/c1-30(2)16-40-14-24(30)36-23-12-19(28(37)38)9-10-22(23)32-25(36)13-17-7-8-18(11-20(17)31)21-5-4-6-26(33-21)41-15-27-34-35-29(39-3)42-27/h4-12,24H,13-16H2,1-3H3,(H,37,38). The lowest BCUT2D eigenvalue weighted by molar-refractivity contribution is 0.0697. The van der Waals surface area contributed by atoms with Crippen LogP contribution in [0.4, 0.5) is 4.39 Å². The summed E-state index contributed by atoms with van der Waals surface area (Å²) >= 11 is 1.28. The largest absolute Gasteiger partial charge is 0.478 e. The van der Waals surface area contributed by atoms with Gasteiger partial charge in [0.1, 0.15) is 18.2 Å². The summed E-state index contributed by atoms with van der Waals surface area (Å²) < 4.78 is 34.2. The van der Waals surface area contributed by atoms with Crippen LogP contribution in [-0.4, -0.2) is 56.1 Å². The van der Waals surface area contributed by atoms with Crippen molar-refractivity contribution in [2.75, 3.05) is 20.3 Å². The van der Waals surface area contributed by atoms with E-state index < -0.39 is 11.8 Å². The van der Waals surface area contributed by atoms with Crippen LogP contribution < -0.4 is 9.47 Å². The van der Waals surface area contributed by atoms with Crippen LogP contribution in [0.15, 0.2) is 54.6 Å². The number of halogens is 1. The molecule has 1 N–H and O–H groups in total. The Morgan fingerprint density at radius 3 is 2.74 bits per heavy atom. The predicted octanol–water partition coefficient (Wildman–Crippen LogP) is 5.56. The van der Waals surface area contributed by atoms with Crippen molar-refractivity contribution in [2.45, 2.75) is 32.9 Å². The number of rotatable bonds is 9. The molecular formula is C30H28FN5O5S. The van der Waals surface area contributed by atoms with Gasteiger partial charge in [0.2, 0.25) is 5.88 Å². The second-order valence-corrected chi connectivity index (χ2v) is 11.7. The second-order valence-electron chi connectivity index (χ2n) is 10.7. The van der Waals surface area contributed by atoms with Gasteiger partial charge in [0.05, 0.1) is 48.7 Å². The Kier molecular flexibility index (Phi) is 7.33. The number of methoxy groups -OCH3 is 1. The van der Waals surface area contributed by atoms with Gasteiger partial charge in [-0.3, -0.25) is 0 Å². The molecular weight excluding hydrogens is 561 g/mol. The van der Waals surface area contributed by atoms with Crippen molar-refractivity contribution in [3.63, 3.8) is 0 Å². The molecule has 0 spiro atoms. The van der Waals surface area contributed by atoms with E-state index in [2.05, 4.69) is 29.0 Å². The van der Waals surface area contributed by atoms with Crippen molar-refractivity contribution in [1.29, 1.82) is 0 Å². The maximum Gasteiger partial charge on any atom is 0.335 e. The lowest BCUT2D eigenvalue weighted by atomic mass is 9.87. The van der Waals surface area contributed by atoms with E-state index >= 15 is 4.39 Å². The van der Waals surface area contributed by atoms with E-state index in [9.17, 15) is 9.90 Å². The monoisotopic (exact) mass is 589 g/mol. The highest BCUT2D eigenvalue weighted by Gasteiger charge is 2.39. The molecule has 1 unspecified atom stereocenters. The number of fused-ring (bicyclic) bond motifs is 1. The summed E-state index contributed by atoms with van der Waals surface area (Å²) in [5, 5.41) is 18.6. The first kappa shape index (κ1) is 27.7. The van der Waals surface area contributed by atoms with E-state index in [0.717, 1.165) is 0 Å². The molecule has 10 nitrogen and oxygen atoms in total. The van der Waals surface area contributed by atoms with Crippen LogP contribution in [0.3, 0.4) is 0 Å². The Labute approximate surface area is 244 Å². The zero-order chi connectivity index (χ0) is 29.4. The van der Waals surface area contributed by atoms with Crippen molar-refractivity contribution >= 4 is 28.3 Å². The highest BCUT2D eigenvalue weighted by molar-refractivity contribution is 7.13. The van der Waals surface area contributed by atoms with E-state index in [4.69, 9.17) is 19.2 Å². The van der Waals surface area contributed by atoms with Crippen molar-refractivity contribution in [2.24, 2.45) is 5.41 Å². The van der Waals surface area contributed by atoms with Gasteiger partial charge in [0.25, 0.3) is 5.19 Å². The van der Waals surface area contributed by atoms with Crippen LogP contribution in [0.5, 0.6) is 11.1 Å². The molecule has 12 heteroatoms. The topological polar surface area (TPSA) is 121 Å². The average molecular weight is 590 g/mol. The second kappa shape index (κ2) is 11.1. The number of carboxylic acids is 1. The molecule has 1 atom stereocenters. The summed E-state index contributed by atoms with van der Waals surface area (Å²) in [5.41, 5.74) is 2.93. The maximum atomic E-state index is 15.6. The molecule has 42 heavy (non-hydrogen) atoms. The normalized spacial score (nSPS) is 16.1. The molecule has 1 aliphatic heterocycles. The minimum absolute atomic E-state index is 0.0861. The number of nitrogens with zero attached hydrogens (tertiary/aromatic N) is 5. The number of carbonyl (C=O) groups is 1. The molecule has 0 aliphatic carbocycles. The predicted molar refractivity (Wildman–Crippen MR) is 154 cm³/mol. The fraction of sp³-hybridized carbons (Fsp3) is 0.300. The van der Waals surface area contributed by atoms with E-state index in [1.807, 2.05) is 10.6 Å². The van der Waals surface area contributed by atoms with E-state index in [-0.39, 0.29) is 30.0 Å². The van der Waals surface area contributed by atoms with Gasteiger partial charge < -0.3 is 23.9 Å². The van der Waals surface area contributed by atoms with Crippen LogP contribution in [-0.2, 0) is 17.8 Å². The smallest absolute Gasteiger partial charge is 0.335 e. The highest BCUT2D eigenvalue weighted by Crippen LogP contribution is 2.40. The molecule has 0 saturated carbocycles. The van der Waals surface area contributed by atoms with Crippen molar-refractivity contribution in [3.05, 3.63) is 82.4 Å². The third-order valence-corrected chi connectivity index (χ3v) is 8.22. The first-order valence-electron chi connectivity index (χ1n) is 13.3. The van der Waals surface area contributed by atoms with Crippen LogP contribution in [0.25, 0.3) is 22.3 Å². The first-order valence-corrected chi connectivity index (χ1v) is 14.1. The van der Waals surface area contributed by atoms with Gasteiger partial charge in [-0.2, -0.15) is 0 Å². The number of carboxylic acid groups (broad SMARTS) is 1. The molecule has 6 rings (SSSR count). The van der Waals surface area contributed by atoms with Gasteiger partial charge in [-0.15, -0.1) is 5.10 Å². The van der Waals surface area contributed by atoms with Gasteiger partial charge >= 0.3 is 5.97 Å². The lowest BCUT2D eigenvalue weighted by Gasteiger charge is -2.28. The van der Waals surface area contributed by atoms with Crippen molar-refractivity contribution in [1.82, 2.24) is 24.7 Å². The number of aromatic carboxylic acids is 1. The molecule has 216 valence electrons. The zero-order valence-electron chi connectivity index (χ0n) is 23.2. The number of pyridine rings is 1. The molecule has 0 bridgehead atoms. The molecule has 0 radical (unpaired) electrons. The first-order chi connectivity index (χ1) is 20.2. The quantitative estimate of drug-likeness (QED) is 0.235. The summed E-state index contributed by atoms with van der Waals surface area (Å²) in [6, 6.07) is 15.1. The summed E-state index contributed by atoms with van der Waals surface area (Å²) in [6.45, 7) is 5.41. The summed E-state index contributed by atoms with van der Waals surface area (Å²) in [5.74, 6) is -0.391. The van der Waals surface area contributed by atoms with Crippen molar-refractivity contribution in [3.8, 4) is 22.3 Å². The number of hydrogen-bond acceptors (Lipinski definition) is 9. The maximum absolute atomic E-state index is 15.6. The van der Waals surface area contributed by atoms with Crippen LogP contribution in [0, 0.1) is 11.2 Å². The average Bonchev–Trinajstić information content (AvgIpc) is 3.68. The van der Waals surface area contributed by atoms with E-state index in [1.165, 1.54) is 30.6 Å². The SMILES string of the molecule is COc1nnc(COc2cccc(-c3ccc(Cc4nc5ccc(C(=O)O)cc5n4C4COCC4(C)C)c(F)c3)n2)s1. The highest BCUT2D eigenvalue weighted by atomic mass is 32.1. The van der Waals surface area contributed by atoms with Crippen LogP contribution in [0.2, 0.25) is 0 Å². The third-order valence-electron chi connectivity index (χ3n) is 7.36. The van der Waals surface area contributed by atoms with E-state index in [0.29, 0.717) is 63.0 Å². The minimum Gasteiger partial charge on any atom is -0.478 e. The molecule has 3 aromatic heterocycles. The summed E-state index contributed by atoms with van der Waals surface area (Å²) in [7, 11) is 1.53. The molecule has 1 fully saturated rings. The third kappa shape index (κ3) is 5.42. The van der Waals surface area contributed by atoms with Crippen LogP contribution >= 0.6 is 11.3 Å². The zero-order valence-corrected chi connectivity index (χ0v) is 24.0. The molecule has 4 heterocycles. The fourth-order valence-corrected chi connectivity index (χ4v) is 5.68. The number of imidazole rings is 1. The Morgan fingerprint density at radius 1 is 1.17 bits per heavy atom. The van der Waals surface area contributed by atoms with Gasteiger partial charge in [-0.25, -0.2) is 19.2 Å². The molecule has 1 saturated heterocycles. The van der Waals surface area contributed by atoms with Gasteiger partial charge in [0.15, 0.2) is 5.01 Å². The molecule has 1 aliphatic rings. The number of aromatic nitrogens is 5. The number of benzene rings is 2. The fourth-order valence-electron chi connectivity index (χ4n) is 5.12. The Hall–Kier alpha value is -4.42. The van der Waals surface area contributed by atoms with Gasteiger partial charge in [-0.05, 0) is 35.9 Å². The number of hydrogen-bond donors (Lipinski definition) is 1.